The smallest absolute Gasteiger partial charge is 0.0982 e. The second-order valence-corrected chi connectivity index (χ2v) is 5.83. The minimum absolute atomic E-state index is 0.399. The van der Waals surface area contributed by atoms with Crippen molar-refractivity contribution in [3.63, 3.8) is 0 Å². The summed E-state index contributed by atoms with van der Waals surface area (Å²) < 4.78 is 30.6. The van der Waals surface area contributed by atoms with Gasteiger partial charge in [0.05, 0.1) is 43.1 Å². The third kappa shape index (κ3) is 9.90. The predicted molar refractivity (Wildman–Crippen MR) is 60.5 cm³/mol. The Bertz CT molecular complexity index is 286. The van der Waals surface area contributed by atoms with Crippen molar-refractivity contribution in [1.82, 2.24) is 0 Å². The van der Waals surface area contributed by atoms with Gasteiger partial charge >= 0.3 is 0 Å². The van der Waals surface area contributed by atoms with Crippen molar-refractivity contribution in [3.05, 3.63) is 12.2 Å². The fourth-order valence-electron chi connectivity index (χ4n) is 1.41. The van der Waals surface area contributed by atoms with E-state index in [-0.39, 0.29) is 0 Å². The number of hydrogen-bond donors (Lipinski definition) is 0. The highest BCUT2D eigenvalue weighted by Crippen LogP contribution is 2.11. The largest absolute Gasteiger partial charge is 0.748 e. The molecule has 1 heterocycles. The van der Waals surface area contributed by atoms with Crippen LogP contribution in [0.15, 0.2) is 12.2 Å². The van der Waals surface area contributed by atoms with Crippen LogP contribution in [0.4, 0.5) is 0 Å². The Hall–Kier alpha value is -0.390. The highest BCUT2D eigenvalue weighted by Gasteiger charge is 2.19. The molecule has 0 aromatic carbocycles. The molecule has 1 rings (SSSR count). The Morgan fingerprint density at radius 3 is 1.87 bits per heavy atom. The molecule has 0 spiro atoms. The Balaban J connectivity index is 0.000000262. The molecule has 0 aromatic heterocycles. The molecule has 15 heavy (non-hydrogen) atoms. The first-order chi connectivity index (χ1) is 6.77. The first-order valence-electron chi connectivity index (χ1n) is 5.13. The van der Waals surface area contributed by atoms with Crippen LogP contribution in [0.25, 0.3) is 0 Å². The fraction of sp³-hybridized carbons (Fsp3) is 0.800. The molecule has 0 radical (unpaired) electrons. The molecule has 1 saturated heterocycles. The summed E-state index contributed by atoms with van der Waals surface area (Å²) >= 11 is 0. The topological polar surface area (TPSA) is 57.2 Å². The molecule has 5 heteroatoms. The summed E-state index contributed by atoms with van der Waals surface area (Å²) in [6, 6.07) is 0. The van der Waals surface area contributed by atoms with E-state index in [2.05, 4.69) is 14.1 Å². The van der Waals surface area contributed by atoms with Gasteiger partial charge in [-0.3, -0.25) is 0 Å². The lowest BCUT2D eigenvalue weighted by atomic mass is 10.4. The normalized spacial score (nSPS) is 20.0. The lowest BCUT2D eigenvalue weighted by Gasteiger charge is -2.21. The second kappa shape index (κ2) is 6.25. The van der Waals surface area contributed by atoms with Gasteiger partial charge in [-0.15, -0.1) is 0 Å². The molecule has 0 amide bonds. The molecule has 90 valence electrons. The van der Waals surface area contributed by atoms with Gasteiger partial charge in [-0.25, -0.2) is 8.42 Å². The van der Waals surface area contributed by atoms with Crippen molar-refractivity contribution in [2.45, 2.75) is 19.8 Å². The third-order valence-corrected chi connectivity index (χ3v) is 2.91. The molecule has 1 aliphatic heterocycles. The van der Waals surface area contributed by atoms with E-state index in [9.17, 15) is 13.0 Å². The van der Waals surface area contributed by atoms with Gasteiger partial charge in [0, 0.05) is 12.8 Å². The number of nitrogens with zero attached hydrogens (tertiary/aromatic N) is 1. The maximum Gasteiger partial charge on any atom is 0.0982 e. The molecule has 0 atom stereocenters. The van der Waals surface area contributed by atoms with Crippen molar-refractivity contribution >= 4 is 10.1 Å². The number of allylic oxidation sites excluding steroid dienone is 1. The summed E-state index contributed by atoms with van der Waals surface area (Å²) in [6.07, 6.45) is 5.71. The quantitative estimate of drug-likeness (QED) is 0.407. The van der Waals surface area contributed by atoms with E-state index in [1.165, 1.54) is 42.6 Å². The number of likely N-dealkylation sites (tertiary alicyclic amines) is 1. The Morgan fingerprint density at radius 2 is 1.73 bits per heavy atom. The summed E-state index contributed by atoms with van der Waals surface area (Å²) in [7, 11) is 0.574. The molecule has 0 aromatic rings. The van der Waals surface area contributed by atoms with Gasteiger partial charge in [0.1, 0.15) is 0 Å². The highest BCUT2D eigenvalue weighted by molar-refractivity contribution is 7.85. The standard InChI is InChI=1S/C6H14N.C4H8O3S/c1-7(2)5-3-4-6-7;1-2-3-4-8(5,6)7/h3-6H2,1-2H3;2-3H,4H2,1H3,(H,5,6,7)/q+1;/p-1. The summed E-state index contributed by atoms with van der Waals surface area (Å²) in [5.74, 6) is -0.399. The Labute approximate surface area is 92.9 Å². The Kier molecular flexibility index (Phi) is 6.09. The van der Waals surface area contributed by atoms with Gasteiger partial charge in [0.25, 0.3) is 0 Å². The predicted octanol–water partition coefficient (Wildman–Crippen LogP) is 0.964. The summed E-state index contributed by atoms with van der Waals surface area (Å²) in [5.41, 5.74) is 0. The second-order valence-electron chi connectivity index (χ2n) is 4.38. The van der Waals surface area contributed by atoms with Gasteiger partial charge in [0.2, 0.25) is 0 Å². The van der Waals surface area contributed by atoms with Crippen molar-refractivity contribution < 1.29 is 17.5 Å². The van der Waals surface area contributed by atoms with Gasteiger partial charge in [-0.05, 0) is 6.92 Å². The zero-order valence-corrected chi connectivity index (χ0v) is 10.6. The van der Waals surface area contributed by atoms with Gasteiger partial charge < -0.3 is 9.04 Å². The van der Waals surface area contributed by atoms with E-state index in [0.29, 0.717) is 0 Å². The minimum Gasteiger partial charge on any atom is -0.748 e. The van der Waals surface area contributed by atoms with Crippen LogP contribution in [0.1, 0.15) is 19.8 Å². The summed E-state index contributed by atoms with van der Waals surface area (Å²) in [5, 5.41) is 0. The van der Waals surface area contributed by atoms with Crippen LogP contribution >= 0.6 is 0 Å². The molecule has 0 bridgehead atoms. The van der Waals surface area contributed by atoms with Crippen LogP contribution in [0.3, 0.4) is 0 Å². The van der Waals surface area contributed by atoms with E-state index in [4.69, 9.17) is 0 Å². The van der Waals surface area contributed by atoms with Crippen LogP contribution in [0.2, 0.25) is 0 Å². The number of hydrogen-bond acceptors (Lipinski definition) is 3. The minimum atomic E-state index is -4.02. The van der Waals surface area contributed by atoms with E-state index < -0.39 is 15.9 Å². The summed E-state index contributed by atoms with van der Waals surface area (Å²) in [4.78, 5) is 0. The van der Waals surface area contributed by atoms with E-state index in [1.807, 2.05) is 0 Å². The first-order valence-corrected chi connectivity index (χ1v) is 6.71. The van der Waals surface area contributed by atoms with E-state index in [0.717, 1.165) is 0 Å². The van der Waals surface area contributed by atoms with E-state index >= 15 is 0 Å². The molecule has 0 unspecified atom stereocenters. The lowest BCUT2D eigenvalue weighted by Crippen LogP contribution is -2.35. The fourth-order valence-corrected chi connectivity index (χ4v) is 1.83. The van der Waals surface area contributed by atoms with Crippen LogP contribution in [-0.4, -0.2) is 50.4 Å². The monoisotopic (exact) mass is 235 g/mol. The van der Waals surface area contributed by atoms with Gasteiger partial charge in [-0.2, -0.15) is 0 Å². The zero-order valence-electron chi connectivity index (χ0n) is 9.77. The third-order valence-electron chi connectivity index (χ3n) is 2.31. The molecule has 1 aliphatic rings. The lowest BCUT2D eigenvalue weighted by molar-refractivity contribution is -0.877. The number of rotatable bonds is 2. The van der Waals surface area contributed by atoms with Crippen molar-refractivity contribution in [3.8, 4) is 0 Å². The van der Waals surface area contributed by atoms with Crippen LogP contribution in [-0.2, 0) is 10.1 Å². The molecule has 4 nitrogen and oxygen atoms in total. The van der Waals surface area contributed by atoms with Crippen molar-refractivity contribution in [2.24, 2.45) is 0 Å². The molecular formula is C10H21NO3S. The van der Waals surface area contributed by atoms with Crippen molar-refractivity contribution in [2.75, 3.05) is 32.9 Å². The average molecular weight is 235 g/mol. The van der Waals surface area contributed by atoms with Crippen molar-refractivity contribution in [1.29, 1.82) is 0 Å². The molecule has 1 fully saturated rings. The summed E-state index contributed by atoms with van der Waals surface area (Å²) in [6.45, 7) is 4.44. The first kappa shape index (κ1) is 14.6. The maximum atomic E-state index is 9.78. The van der Waals surface area contributed by atoms with Gasteiger partial charge in [-0.1, -0.05) is 12.2 Å². The number of quaternary nitrogens is 1. The van der Waals surface area contributed by atoms with Crippen LogP contribution < -0.4 is 0 Å². The average Bonchev–Trinajstić information content (AvgIpc) is 2.46. The highest BCUT2D eigenvalue weighted by atomic mass is 32.2. The molecular weight excluding hydrogens is 214 g/mol. The molecule has 0 saturated carbocycles. The molecule has 0 aliphatic carbocycles. The molecule has 0 N–H and O–H groups in total. The maximum absolute atomic E-state index is 9.78. The van der Waals surface area contributed by atoms with Crippen LogP contribution in [0.5, 0.6) is 0 Å². The SMILES string of the molecule is CC=CCS(=O)(=O)[O-].C[N+]1(C)CCCC1. The zero-order chi connectivity index (χ0) is 11.9. The van der Waals surface area contributed by atoms with E-state index in [1.54, 1.807) is 6.92 Å². The Morgan fingerprint density at radius 1 is 1.27 bits per heavy atom. The van der Waals surface area contributed by atoms with Gasteiger partial charge in [0.15, 0.2) is 0 Å². The van der Waals surface area contributed by atoms with Crippen LogP contribution in [0, 0.1) is 0 Å².